The number of ether oxygens (including phenoxy) is 1. The van der Waals surface area contributed by atoms with Gasteiger partial charge >= 0.3 is 5.97 Å². The number of rotatable bonds is 5. The molecule has 0 saturated heterocycles. The Morgan fingerprint density at radius 3 is 2.44 bits per heavy atom. The Labute approximate surface area is 94.7 Å². The second-order valence-corrected chi connectivity index (χ2v) is 3.41. The highest BCUT2D eigenvalue weighted by Crippen LogP contribution is 2.06. The Balaban J connectivity index is 2.52. The van der Waals surface area contributed by atoms with Gasteiger partial charge in [-0.15, -0.1) is 6.58 Å². The third kappa shape index (κ3) is 3.69. The van der Waals surface area contributed by atoms with Crippen LogP contribution in [0.15, 0.2) is 36.9 Å². The quantitative estimate of drug-likeness (QED) is 0.433. The molecular formula is C13H14O3. The van der Waals surface area contributed by atoms with E-state index in [4.69, 9.17) is 4.74 Å². The predicted octanol–water partition coefficient (Wildman–Crippen LogP) is 2.51. The zero-order valence-corrected chi connectivity index (χ0v) is 9.23. The van der Waals surface area contributed by atoms with E-state index >= 15 is 0 Å². The van der Waals surface area contributed by atoms with Gasteiger partial charge in [-0.3, -0.25) is 9.59 Å². The van der Waals surface area contributed by atoms with Crippen molar-refractivity contribution in [1.82, 2.24) is 0 Å². The van der Waals surface area contributed by atoms with Crippen molar-refractivity contribution in [3.8, 4) is 0 Å². The molecule has 3 nitrogen and oxygen atoms in total. The molecule has 0 aliphatic heterocycles. The lowest BCUT2D eigenvalue weighted by atomic mass is 10.1. The number of esters is 1. The van der Waals surface area contributed by atoms with Crippen molar-refractivity contribution in [1.29, 1.82) is 0 Å². The van der Waals surface area contributed by atoms with Gasteiger partial charge in [-0.05, 0) is 12.5 Å². The second kappa shape index (κ2) is 5.85. The minimum absolute atomic E-state index is 0.0233. The molecule has 0 aromatic heterocycles. The van der Waals surface area contributed by atoms with Gasteiger partial charge in [0.2, 0.25) is 0 Å². The summed E-state index contributed by atoms with van der Waals surface area (Å²) in [7, 11) is 0. The molecule has 0 atom stereocenters. The highest BCUT2D eigenvalue weighted by atomic mass is 16.5. The van der Waals surface area contributed by atoms with Crippen molar-refractivity contribution in [2.75, 3.05) is 0 Å². The minimum Gasteiger partial charge on any atom is -0.461 e. The molecule has 0 saturated carbocycles. The molecule has 0 heterocycles. The number of benzene rings is 1. The SMILES string of the molecule is C=CCC(=O)OCc1ccc(C(C)=O)cc1. The summed E-state index contributed by atoms with van der Waals surface area (Å²) in [6, 6.07) is 6.99. The predicted molar refractivity (Wildman–Crippen MR) is 61.1 cm³/mol. The molecule has 0 aliphatic carbocycles. The summed E-state index contributed by atoms with van der Waals surface area (Å²) < 4.78 is 4.97. The first-order valence-electron chi connectivity index (χ1n) is 5.00. The van der Waals surface area contributed by atoms with Crippen LogP contribution in [0.3, 0.4) is 0 Å². The van der Waals surface area contributed by atoms with Crippen molar-refractivity contribution in [2.45, 2.75) is 20.0 Å². The Kier molecular flexibility index (Phi) is 4.45. The van der Waals surface area contributed by atoms with Crippen molar-refractivity contribution in [3.63, 3.8) is 0 Å². The summed E-state index contributed by atoms with van der Waals surface area (Å²) in [5, 5.41) is 0. The number of carbonyl (C=O) groups excluding carboxylic acids is 2. The first kappa shape index (κ1) is 12.2. The maximum atomic E-state index is 11.0. The van der Waals surface area contributed by atoms with E-state index in [0.29, 0.717) is 5.56 Å². The van der Waals surface area contributed by atoms with E-state index < -0.39 is 0 Å². The molecule has 0 fully saturated rings. The number of ketones is 1. The Bertz CT molecular complexity index is 390. The van der Waals surface area contributed by atoms with E-state index in [-0.39, 0.29) is 24.8 Å². The molecule has 0 bridgehead atoms. The average Bonchev–Trinajstić information content (AvgIpc) is 2.27. The highest BCUT2D eigenvalue weighted by Gasteiger charge is 2.02. The lowest BCUT2D eigenvalue weighted by molar-refractivity contribution is -0.143. The van der Waals surface area contributed by atoms with Gasteiger partial charge in [0.1, 0.15) is 6.61 Å². The van der Waals surface area contributed by atoms with Crippen LogP contribution >= 0.6 is 0 Å². The number of hydrogen-bond acceptors (Lipinski definition) is 3. The Hall–Kier alpha value is -1.90. The van der Waals surface area contributed by atoms with Gasteiger partial charge in [0, 0.05) is 5.56 Å². The van der Waals surface area contributed by atoms with Crippen molar-refractivity contribution in [2.24, 2.45) is 0 Å². The molecule has 1 aromatic carbocycles. The van der Waals surface area contributed by atoms with Gasteiger partial charge in [0.15, 0.2) is 5.78 Å². The van der Waals surface area contributed by atoms with Gasteiger partial charge < -0.3 is 4.74 Å². The lowest BCUT2D eigenvalue weighted by Gasteiger charge is -2.03. The topological polar surface area (TPSA) is 43.4 Å². The standard InChI is InChI=1S/C13H14O3/c1-3-4-13(15)16-9-11-5-7-12(8-6-11)10(2)14/h3,5-8H,1,4,9H2,2H3. The molecular weight excluding hydrogens is 204 g/mol. The van der Waals surface area contributed by atoms with E-state index in [1.54, 1.807) is 24.3 Å². The van der Waals surface area contributed by atoms with Gasteiger partial charge in [-0.1, -0.05) is 30.3 Å². The zero-order valence-electron chi connectivity index (χ0n) is 9.23. The zero-order chi connectivity index (χ0) is 12.0. The molecule has 0 radical (unpaired) electrons. The van der Waals surface area contributed by atoms with Crippen LogP contribution in [0.25, 0.3) is 0 Å². The summed E-state index contributed by atoms with van der Waals surface area (Å²) in [5.41, 5.74) is 1.52. The molecule has 0 amide bonds. The van der Waals surface area contributed by atoms with Crippen LogP contribution in [0, 0.1) is 0 Å². The normalized spacial score (nSPS) is 9.56. The van der Waals surface area contributed by atoms with Crippen molar-refractivity contribution in [3.05, 3.63) is 48.0 Å². The van der Waals surface area contributed by atoms with Crippen LogP contribution in [0.1, 0.15) is 29.3 Å². The summed E-state index contributed by atoms with van der Waals surface area (Å²) >= 11 is 0. The largest absolute Gasteiger partial charge is 0.461 e. The van der Waals surface area contributed by atoms with Crippen LogP contribution in [-0.2, 0) is 16.1 Å². The van der Waals surface area contributed by atoms with E-state index in [1.165, 1.54) is 13.0 Å². The van der Waals surface area contributed by atoms with Crippen LogP contribution in [0.2, 0.25) is 0 Å². The van der Waals surface area contributed by atoms with Crippen LogP contribution in [0.5, 0.6) is 0 Å². The van der Waals surface area contributed by atoms with E-state index in [0.717, 1.165) is 5.56 Å². The first-order chi connectivity index (χ1) is 7.63. The summed E-state index contributed by atoms with van der Waals surface area (Å²) in [6.45, 7) is 5.19. The van der Waals surface area contributed by atoms with E-state index in [2.05, 4.69) is 6.58 Å². The van der Waals surface area contributed by atoms with Gasteiger partial charge in [0.05, 0.1) is 6.42 Å². The smallest absolute Gasteiger partial charge is 0.309 e. The van der Waals surface area contributed by atoms with Gasteiger partial charge in [-0.2, -0.15) is 0 Å². The Morgan fingerprint density at radius 2 is 1.94 bits per heavy atom. The molecule has 3 heteroatoms. The van der Waals surface area contributed by atoms with Crippen molar-refractivity contribution >= 4 is 11.8 Å². The summed E-state index contributed by atoms with van der Waals surface area (Å²) in [6.07, 6.45) is 1.71. The Morgan fingerprint density at radius 1 is 1.31 bits per heavy atom. The fourth-order valence-corrected chi connectivity index (χ4v) is 1.18. The first-order valence-corrected chi connectivity index (χ1v) is 5.00. The highest BCUT2D eigenvalue weighted by molar-refractivity contribution is 5.94. The fraction of sp³-hybridized carbons (Fsp3) is 0.231. The molecule has 0 unspecified atom stereocenters. The van der Waals surface area contributed by atoms with Crippen LogP contribution in [0.4, 0.5) is 0 Å². The molecule has 84 valence electrons. The number of carbonyl (C=O) groups is 2. The number of Topliss-reactive ketones (excluding diaryl/α,β-unsaturated/α-hetero) is 1. The van der Waals surface area contributed by atoms with E-state index in [9.17, 15) is 9.59 Å². The summed E-state index contributed by atoms with van der Waals surface area (Å²) in [5.74, 6) is -0.277. The third-order valence-electron chi connectivity index (χ3n) is 2.07. The van der Waals surface area contributed by atoms with Crippen molar-refractivity contribution < 1.29 is 14.3 Å². The molecule has 1 rings (SSSR count). The number of hydrogen-bond donors (Lipinski definition) is 0. The van der Waals surface area contributed by atoms with E-state index in [1.807, 2.05) is 0 Å². The van der Waals surface area contributed by atoms with Gasteiger partial charge in [0.25, 0.3) is 0 Å². The minimum atomic E-state index is -0.300. The summed E-state index contributed by atoms with van der Waals surface area (Å²) in [4.78, 5) is 22.1. The maximum Gasteiger partial charge on any atom is 0.309 e. The van der Waals surface area contributed by atoms with Crippen LogP contribution < -0.4 is 0 Å². The second-order valence-electron chi connectivity index (χ2n) is 3.41. The molecule has 0 spiro atoms. The molecule has 1 aromatic rings. The molecule has 0 aliphatic rings. The van der Waals surface area contributed by atoms with Gasteiger partial charge in [-0.25, -0.2) is 0 Å². The monoisotopic (exact) mass is 218 g/mol. The maximum absolute atomic E-state index is 11.0. The van der Waals surface area contributed by atoms with Crippen LogP contribution in [-0.4, -0.2) is 11.8 Å². The molecule has 16 heavy (non-hydrogen) atoms. The fourth-order valence-electron chi connectivity index (χ4n) is 1.18. The molecule has 0 N–H and O–H groups in total. The third-order valence-corrected chi connectivity index (χ3v) is 2.07. The lowest BCUT2D eigenvalue weighted by Crippen LogP contribution is -2.03. The average molecular weight is 218 g/mol.